The summed E-state index contributed by atoms with van der Waals surface area (Å²) < 4.78 is 4.34. The van der Waals surface area contributed by atoms with Gasteiger partial charge in [-0.15, -0.1) is 11.3 Å². The van der Waals surface area contributed by atoms with E-state index in [0.29, 0.717) is 0 Å². The van der Waals surface area contributed by atoms with Crippen LogP contribution in [0.3, 0.4) is 0 Å². The molecule has 0 radical (unpaired) electrons. The minimum atomic E-state index is 1.29. The summed E-state index contributed by atoms with van der Waals surface area (Å²) in [5.41, 5.74) is 2.62. The molecule has 0 saturated heterocycles. The smallest absolute Gasteiger partial charge is 0.187 e. The highest BCUT2D eigenvalue weighted by atomic mass is 32.1. The van der Waals surface area contributed by atoms with Crippen molar-refractivity contribution in [3.8, 4) is 0 Å². The van der Waals surface area contributed by atoms with Crippen molar-refractivity contribution in [1.29, 1.82) is 0 Å². The van der Waals surface area contributed by atoms with E-state index in [1.54, 1.807) is 0 Å². The van der Waals surface area contributed by atoms with E-state index >= 15 is 0 Å². The van der Waals surface area contributed by atoms with Crippen LogP contribution in [0.4, 0.5) is 0 Å². The molecular weight excluding hydrogens is 192 g/mol. The van der Waals surface area contributed by atoms with Gasteiger partial charge in [0.2, 0.25) is 0 Å². The fraction of sp³-hybridized carbons (Fsp3) is 0.364. The molecule has 0 N–H and O–H groups in total. The fourth-order valence-electron chi connectivity index (χ4n) is 1.63. The Morgan fingerprint density at radius 2 is 2.07 bits per heavy atom. The second-order valence-corrected chi connectivity index (χ2v) is 5.12. The first kappa shape index (κ1) is 9.46. The average Bonchev–Trinajstić information content (AvgIpc) is 2.51. The number of rotatable bonds is 1. The van der Waals surface area contributed by atoms with Crippen LogP contribution in [0.1, 0.15) is 16.1 Å². The van der Waals surface area contributed by atoms with Gasteiger partial charge in [0, 0.05) is 11.1 Å². The number of thiazole rings is 1. The summed E-state index contributed by atoms with van der Waals surface area (Å²) in [7, 11) is 4.11. The molecule has 0 aromatic carbocycles. The minimum absolute atomic E-state index is 1.29. The molecular formula is C11H15N2S+. The van der Waals surface area contributed by atoms with E-state index in [-0.39, 0.29) is 0 Å². The van der Waals surface area contributed by atoms with Gasteiger partial charge in [0.05, 0.1) is 0 Å². The van der Waals surface area contributed by atoms with Gasteiger partial charge in [-0.1, -0.05) is 0 Å². The predicted molar refractivity (Wildman–Crippen MR) is 62.0 cm³/mol. The molecule has 2 rings (SSSR count). The van der Waals surface area contributed by atoms with Gasteiger partial charge in [-0.3, -0.25) is 0 Å². The maximum atomic E-state index is 2.26. The summed E-state index contributed by atoms with van der Waals surface area (Å²) in [6, 6.07) is 2.24. The summed E-state index contributed by atoms with van der Waals surface area (Å²) in [6.07, 6.45) is 4.36. The molecule has 14 heavy (non-hydrogen) atoms. The molecule has 0 unspecified atom stereocenters. The third kappa shape index (κ3) is 1.48. The maximum absolute atomic E-state index is 2.26. The van der Waals surface area contributed by atoms with Crippen molar-refractivity contribution in [3.63, 3.8) is 0 Å². The van der Waals surface area contributed by atoms with Crippen molar-refractivity contribution in [3.05, 3.63) is 28.4 Å². The second kappa shape index (κ2) is 3.24. The van der Waals surface area contributed by atoms with Gasteiger partial charge in [0.1, 0.15) is 24.6 Å². The van der Waals surface area contributed by atoms with Crippen LogP contribution in [0.15, 0.2) is 12.3 Å². The van der Waals surface area contributed by atoms with Crippen molar-refractivity contribution in [2.75, 3.05) is 14.1 Å². The predicted octanol–water partition coefficient (Wildman–Crippen LogP) is 2.31. The van der Waals surface area contributed by atoms with Crippen molar-refractivity contribution in [2.24, 2.45) is 0 Å². The third-order valence-electron chi connectivity index (χ3n) is 2.20. The monoisotopic (exact) mass is 207 g/mol. The van der Waals surface area contributed by atoms with Gasteiger partial charge in [-0.2, -0.15) is 0 Å². The molecule has 0 aliphatic carbocycles. The lowest BCUT2D eigenvalue weighted by molar-refractivity contribution is -0.459. The van der Waals surface area contributed by atoms with Gasteiger partial charge in [0.15, 0.2) is 6.21 Å². The fourth-order valence-corrected chi connectivity index (χ4v) is 2.60. The Kier molecular flexibility index (Phi) is 2.19. The van der Waals surface area contributed by atoms with Gasteiger partial charge in [-0.25, -0.2) is 4.58 Å². The van der Waals surface area contributed by atoms with Gasteiger partial charge < -0.3 is 4.40 Å². The molecule has 0 saturated carbocycles. The van der Waals surface area contributed by atoms with Crippen LogP contribution in [0.25, 0.3) is 4.83 Å². The molecule has 0 amide bonds. The van der Waals surface area contributed by atoms with E-state index < -0.39 is 0 Å². The third-order valence-corrected chi connectivity index (χ3v) is 3.15. The van der Waals surface area contributed by atoms with E-state index in [0.717, 1.165) is 0 Å². The summed E-state index contributed by atoms with van der Waals surface area (Å²) in [5, 5.41) is 0. The number of hydrogen-bond acceptors (Lipinski definition) is 1. The number of aromatic nitrogens is 1. The molecule has 0 aliphatic heterocycles. The van der Waals surface area contributed by atoms with E-state index in [9.17, 15) is 0 Å². The van der Waals surface area contributed by atoms with Crippen LogP contribution in [0, 0.1) is 13.8 Å². The number of nitrogens with zero attached hydrogens (tertiary/aromatic N) is 2. The standard InChI is InChI=1S/C11H15N2S/c1-8-5-11-13(6-9(2)14-11)10(8)7-12(3)4/h5-7H,1-4H3/q+1. The molecule has 0 atom stereocenters. The molecule has 2 nitrogen and oxygen atoms in total. The zero-order chi connectivity index (χ0) is 10.3. The first-order chi connectivity index (χ1) is 6.58. The molecule has 0 fully saturated rings. The molecule has 0 aliphatic rings. The van der Waals surface area contributed by atoms with Crippen LogP contribution in [-0.2, 0) is 0 Å². The number of hydrogen-bond donors (Lipinski definition) is 0. The molecule has 3 heteroatoms. The highest BCUT2D eigenvalue weighted by molar-refractivity contribution is 7.17. The lowest BCUT2D eigenvalue weighted by Crippen LogP contribution is -2.03. The summed E-state index contributed by atoms with van der Waals surface area (Å²) in [5.74, 6) is 0. The first-order valence-corrected chi connectivity index (χ1v) is 5.49. The SMILES string of the molecule is Cc1cn2c(C=[N+](C)C)c(C)cc2s1. The summed E-state index contributed by atoms with van der Waals surface area (Å²) >= 11 is 1.84. The lowest BCUT2D eigenvalue weighted by atomic mass is 10.3. The van der Waals surface area contributed by atoms with Gasteiger partial charge in [0.25, 0.3) is 0 Å². The van der Waals surface area contributed by atoms with Crippen LogP contribution in [0.5, 0.6) is 0 Å². The zero-order valence-electron chi connectivity index (χ0n) is 9.03. The molecule has 74 valence electrons. The molecule has 2 aromatic rings. The van der Waals surface area contributed by atoms with Gasteiger partial charge in [-0.05, 0) is 25.5 Å². The van der Waals surface area contributed by atoms with Crippen molar-refractivity contribution in [1.82, 2.24) is 4.40 Å². The second-order valence-electron chi connectivity index (χ2n) is 3.86. The summed E-state index contributed by atoms with van der Waals surface area (Å²) in [4.78, 5) is 2.68. The number of fused-ring (bicyclic) bond motifs is 1. The Balaban J connectivity index is 2.71. The molecule has 0 spiro atoms. The largest absolute Gasteiger partial charge is 0.302 e. The van der Waals surface area contributed by atoms with E-state index in [1.165, 1.54) is 21.0 Å². The highest BCUT2D eigenvalue weighted by Gasteiger charge is 2.09. The Hall–Kier alpha value is -1.09. The number of aryl methyl sites for hydroxylation is 2. The van der Waals surface area contributed by atoms with E-state index in [2.05, 4.69) is 55.4 Å². The topological polar surface area (TPSA) is 7.42 Å². The van der Waals surface area contributed by atoms with Crippen LogP contribution in [0.2, 0.25) is 0 Å². The molecule has 2 aromatic heterocycles. The Morgan fingerprint density at radius 3 is 2.71 bits per heavy atom. The average molecular weight is 207 g/mol. The Labute approximate surface area is 88.1 Å². The van der Waals surface area contributed by atoms with Crippen molar-refractivity contribution in [2.45, 2.75) is 13.8 Å². The van der Waals surface area contributed by atoms with E-state index in [4.69, 9.17) is 0 Å². The summed E-state index contributed by atoms with van der Waals surface area (Å²) in [6.45, 7) is 4.30. The quantitative estimate of drug-likeness (QED) is 0.500. The minimum Gasteiger partial charge on any atom is -0.302 e. The van der Waals surface area contributed by atoms with Crippen LogP contribution >= 0.6 is 11.3 Å². The van der Waals surface area contributed by atoms with Gasteiger partial charge >= 0.3 is 0 Å². The van der Waals surface area contributed by atoms with E-state index in [1.807, 2.05) is 11.3 Å². The highest BCUT2D eigenvalue weighted by Crippen LogP contribution is 2.22. The molecule has 0 bridgehead atoms. The maximum Gasteiger partial charge on any atom is 0.187 e. The van der Waals surface area contributed by atoms with Crippen molar-refractivity contribution < 1.29 is 4.58 Å². The molecule has 2 heterocycles. The Morgan fingerprint density at radius 1 is 1.36 bits per heavy atom. The Bertz CT molecular complexity index is 499. The van der Waals surface area contributed by atoms with Crippen molar-refractivity contribution >= 4 is 22.4 Å². The lowest BCUT2D eigenvalue weighted by Gasteiger charge is -1.92. The zero-order valence-corrected chi connectivity index (χ0v) is 9.85. The van der Waals surface area contributed by atoms with Crippen LogP contribution < -0.4 is 0 Å². The first-order valence-electron chi connectivity index (χ1n) is 4.67. The van der Waals surface area contributed by atoms with Crippen LogP contribution in [-0.4, -0.2) is 29.3 Å². The normalized spacial score (nSPS) is 10.9.